The van der Waals surface area contributed by atoms with Gasteiger partial charge in [0.1, 0.15) is 11.7 Å². The number of rotatable bonds is 3. The molecule has 0 aliphatic carbocycles. The number of hydrogen-bond acceptors (Lipinski definition) is 4. The van der Waals surface area contributed by atoms with Gasteiger partial charge in [-0.3, -0.25) is 9.00 Å². The molecule has 7 heteroatoms. The van der Waals surface area contributed by atoms with Gasteiger partial charge in [-0.2, -0.15) is 0 Å². The van der Waals surface area contributed by atoms with Crippen molar-refractivity contribution in [3.05, 3.63) is 59.7 Å². The van der Waals surface area contributed by atoms with Gasteiger partial charge in [0, 0.05) is 35.2 Å². The zero-order valence-corrected chi connectivity index (χ0v) is 17.0. The van der Waals surface area contributed by atoms with E-state index >= 15 is 0 Å². The molecule has 1 atom stereocenters. The number of nitrogens with one attached hydrogen (secondary N) is 1. The maximum atomic E-state index is 12.6. The van der Waals surface area contributed by atoms with Gasteiger partial charge in [-0.05, 0) is 30.7 Å². The van der Waals surface area contributed by atoms with Crippen LogP contribution >= 0.6 is 11.6 Å². The first kappa shape index (κ1) is 18.9. The van der Waals surface area contributed by atoms with E-state index in [2.05, 4.69) is 10.2 Å². The highest BCUT2D eigenvalue weighted by atomic mass is 35.5. The smallest absolute Gasteiger partial charge is 0.239 e. The van der Waals surface area contributed by atoms with Crippen LogP contribution in [0.5, 0.6) is 0 Å². The molecule has 144 valence electrons. The molecule has 0 spiro atoms. The summed E-state index contributed by atoms with van der Waals surface area (Å²) < 4.78 is 12.6. The fourth-order valence-corrected chi connectivity index (χ4v) is 4.74. The summed E-state index contributed by atoms with van der Waals surface area (Å²) in [5.74, 6) is 0.911. The monoisotopic (exact) mass is 413 g/mol. The van der Waals surface area contributed by atoms with Gasteiger partial charge in [0.05, 0.1) is 22.0 Å². The molecule has 1 aliphatic heterocycles. The number of pyridine rings is 1. The molecule has 0 bridgehead atoms. The Balaban J connectivity index is 1.79. The van der Waals surface area contributed by atoms with Gasteiger partial charge < -0.3 is 10.2 Å². The van der Waals surface area contributed by atoms with Crippen LogP contribution in [0.2, 0.25) is 0 Å². The number of aryl methyl sites for hydroxylation is 1. The van der Waals surface area contributed by atoms with E-state index in [1.54, 1.807) is 0 Å². The Hall–Kier alpha value is -2.44. The van der Waals surface area contributed by atoms with Crippen molar-refractivity contribution in [3.63, 3.8) is 0 Å². The van der Waals surface area contributed by atoms with Crippen LogP contribution in [0.25, 0.3) is 10.9 Å². The average molecular weight is 414 g/mol. The van der Waals surface area contributed by atoms with Crippen LogP contribution in [-0.4, -0.2) is 33.3 Å². The molecule has 0 saturated heterocycles. The number of alkyl halides is 1. The first-order chi connectivity index (χ1) is 13.5. The van der Waals surface area contributed by atoms with Crippen LogP contribution in [0, 0.1) is 6.92 Å². The van der Waals surface area contributed by atoms with E-state index in [1.807, 2.05) is 55.5 Å². The van der Waals surface area contributed by atoms with Gasteiger partial charge in [-0.25, -0.2) is 4.98 Å². The van der Waals surface area contributed by atoms with E-state index in [1.165, 1.54) is 0 Å². The van der Waals surface area contributed by atoms with Gasteiger partial charge in [-0.15, -0.1) is 11.6 Å². The van der Waals surface area contributed by atoms with Crippen molar-refractivity contribution in [1.29, 1.82) is 0 Å². The standard InChI is InChI=1S/C21H20ClN3O2S/c1-14-6-7-17-16(10-14)18(24-21(26)12-22)11-20(23-17)25-8-9-28(27)19-5-3-2-4-15(19)13-25/h2-7,10-11H,8-9,12-13H2,1H3,(H,23,24,26). The number of carbonyl (C=O) groups excluding carboxylic acids is 1. The maximum absolute atomic E-state index is 12.6. The largest absolute Gasteiger partial charge is 0.351 e. The van der Waals surface area contributed by atoms with Crippen LogP contribution < -0.4 is 10.2 Å². The summed E-state index contributed by atoms with van der Waals surface area (Å²) in [7, 11) is -1.03. The van der Waals surface area contributed by atoms with Gasteiger partial charge in [0.25, 0.3) is 0 Å². The van der Waals surface area contributed by atoms with Crippen LogP contribution in [0.15, 0.2) is 53.4 Å². The predicted octanol–water partition coefficient (Wildman–Crippen LogP) is 3.85. The van der Waals surface area contributed by atoms with Crippen molar-refractivity contribution in [2.24, 2.45) is 0 Å². The first-order valence-electron chi connectivity index (χ1n) is 9.03. The molecule has 0 fully saturated rings. The molecule has 1 aliphatic rings. The zero-order chi connectivity index (χ0) is 19.7. The summed E-state index contributed by atoms with van der Waals surface area (Å²) in [6.07, 6.45) is 0. The molecule has 0 saturated carbocycles. The Morgan fingerprint density at radius 1 is 1.25 bits per heavy atom. The van der Waals surface area contributed by atoms with Crippen molar-refractivity contribution in [3.8, 4) is 0 Å². The second kappa shape index (κ2) is 7.89. The number of aromatic nitrogens is 1. The van der Waals surface area contributed by atoms with Crippen molar-refractivity contribution < 1.29 is 9.00 Å². The van der Waals surface area contributed by atoms with E-state index in [-0.39, 0.29) is 11.8 Å². The number of hydrogen-bond donors (Lipinski definition) is 1. The minimum Gasteiger partial charge on any atom is -0.351 e. The summed E-state index contributed by atoms with van der Waals surface area (Å²) in [5, 5.41) is 3.76. The summed E-state index contributed by atoms with van der Waals surface area (Å²) >= 11 is 5.69. The van der Waals surface area contributed by atoms with Crippen LogP contribution in [0.4, 0.5) is 11.5 Å². The number of fused-ring (bicyclic) bond motifs is 2. The van der Waals surface area contributed by atoms with Crippen molar-refractivity contribution >= 4 is 50.7 Å². The molecule has 2 heterocycles. The van der Waals surface area contributed by atoms with E-state index < -0.39 is 10.8 Å². The number of halogens is 1. The highest BCUT2D eigenvalue weighted by Crippen LogP contribution is 2.30. The lowest BCUT2D eigenvalue weighted by Gasteiger charge is -2.23. The molecule has 1 amide bonds. The predicted molar refractivity (Wildman–Crippen MR) is 115 cm³/mol. The Labute approximate surface area is 171 Å². The first-order valence-corrected chi connectivity index (χ1v) is 10.9. The summed E-state index contributed by atoms with van der Waals surface area (Å²) in [6.45, 7) is 3.24. The van der Waals surface area contributed by atoms with Crippen molar-refractivity contribution in [2.45, 2.75) is 18.4 Å². The molecular formula is C21H20ClN3O2S. The van der Waals surface area contributed by atoms with Crippen LogP contribution in [0.1, 0.15) is 11.1 Å². The minimum atomic E-state index is -1.03. The third kappa shape index (κ3) is 3.75. The van der Waals surface area contributed by atoms with Gasteiger partial charge in [0.15, 0.2) is 0 Å². The molecule has 5 nitrogen and oxygen atoms in total. The van der Waals surface area contributed by atoms with Crippen molar-refractivity contribution in [2.75, 3.05) is 28.4 Å². The molecule has 4 rings (SSSR count). The number of benzene rings is 2. The summed E-state index contributed by atoms with van der Waals surface area (Å²) in [4.78, 5) is 19.8. The SMILES string of the molecule is Cc1ccc2nc(N3CCS(=O)c4ccccc4C3)cc(NC(=O)CCl)c2c1. The summed E-state index contributed by atoms with van der Waals surface area (Å²) in [6, 6.07) is 15.6. The lowest BCUT2D eigenvalue weighted by Crippen LogP contribution is -2.26. The second-order valence-electron chi connectivity index (χ2n) is 6.81. The molecule has 0 radical (unpaired) electrons. The van der Waals surface area contributed by atoms with Crippen molar-refractivity contribution in [1.82, 2.24) is 4.98 Å². The molecule has 3 aromatic rings. The molecule has 2 aromatic carbocycles. The second-order valence-corrected chi connectivity index (χ2v) is 8.62. The van der Waals surface area contributed by atoms with Gasteiger partial charge in [0.2, 0.25) is 5.91 Å². The summed E-state index contributed by atoms with van der Waals surface area (Å²) in [5.41, 5.74) is 3.61. The van der Waals surface area contributed by atoms with E-state index in [9.17, 15) is 9.00 Å². The van der Waals surface area contributed by atoms with Gasteiger partial charge >= 0.3 is 0 Å². The number of carbonyl (C=O) groups is 1. The molecule has 1 aromatic heterocycles. The Kier molecular flexibility index (Phi) is 5.33. The quantitative estimate of drug-likeness (QED) is 0.662. The van der Waals surface area contributed by atoms with Crippen LogP contribution in [0.3, 0.4) is 0 Å². The molecular weight excluding hydrogens is 394 g/mol. The Morgan fingerprint density at radius 2 is 2.07 bits per heavy atom. The number of anilines is 2. The lowest BCUT2D eigenvalue weighted by molar-refractivity contribution is -0.113. The third-order valence-electron chi connectivity index (χ3n) is 4.80. The Morgan fingerprint density at radius 3 is 2.89 bits per heavy atom. The Bertz CT molecular complexity index is 1090. The highest BCUT2D eigenvalue weighted by molar-refractivity contribution is 7.85. The zero-order valence-electron chi connectivity index (χ0n) is 15.4. The lowest BCUT2D eigenvalue weighted by atomic mass is 10.1. The number of nitrogens with zero attached hydrogens (tertiary/aromatic N) is 2. The fraction of sp³-hybridized carbons (Fsp3) is 0.238. The van der Waals surface area contributed by atoms with E-state index in [4.69, 9.17) is 16.6 Å². The third-order valence-corrected chi connectivity index (χ3v) is 6.48. The molecule has 1 N–H and O–H groups in total. The van der Waals surface area contributed by atoms with Crippen LogP contribution in [-0.2, 0) is 22.1 Å². The van der Waals surface area contributed by atoms with E-state index in [0.29, 0.717) is 24.5 Å². The average Bonchev–Trinajstić information content (AvgIpc) is 2.87. The molecule has 1 unspecified atom stereocenters. The van der Waals surface area contributed by atoms with Gasteiger partial charge in [-0.1, -0.05) is 29.8 Å². The number of amides is 1. The topological polar surface area (TPSA) is 62.3 Å². The molecule has 28 heavy (non-hydrogen) atoms. The highest BCUT2D eigenvalue weighted by Gasteiger charge is 2.21. The fourth-order valence-electron chi connectivity index (χ4n) is 3.41. The minimum absolute atomic E-state index is 0.110. The normalized spacial score (nSPS) is 16.5. The van der Waals surface area contributed by atoms with E-state index in [0.717, 1.165) is 32.7 Å². The maximum Gasteiger partial charge on any atom is 0.239 e.